The number of nitrogens with zero attached hydrogens (tertiary/aromatic N) is 3. The molecular weight excluding hydrogens is 354 g/mol. The Bertz CT molecular complexity index is 739. The van der Waals surface area contributed by atoms with E-state index < -0.39 is 0 Å². The standard InChI is InChI=1S/C22H31N3OS/c1-18-9-10-20(27-18)17-23-11-5-6-19(16-23)24-12-14-25(15-13-24)21-7-3-4-8-22(21)26-2/h3-4,7-10,19H,5-6,11-17H2,1-2H3. The third kappa shape index (κ3) is 4.48. The van der Waals surface area contributed by atoms with Gasteiger partial charge in [0.05, 0.1) is 12.8 Å². The Morgan fingerprint density at radius 1 is 1.04 bits per heavy atom. The van der Waals surface area contributed by atoms with E-state index in [4.69, 9.17) is 4.74 Å². The summed E-state index contributed by atoms with van der Waals surface area (Å²) < 4.78 is 5.55. The summed E-state index contributed by atoms with van der Waals surface area (Å²) in [7, 11) is 1.76. The first-order valence-corrected chi connectivity index (χ1v) is 10.9. The molecule has 2 aliphatic rings. The predicted molar refractivity (Wildman–Crippen MR) is 114 cm³/mol. The van der Waals surface area contributed by atoms with Crippen LogP contribution < -0.4 is 9.64 Å². The molecule has 1 aromatic carbocycles. The van der Waals surface area contributed by atoms with E-state index in [0.29, 0.717) is 6.04 Å². The molecule has 2 aliphatic heterocycles. The summed E-state index contributed by atoms with van der Waals surface area (Å²) in [6.45, 7) is 10.2. The number of hydrogen-bond acceptors (Lipinski definition) is 5. The predicted octanol–water partition coefficient (Wildman–Crippen LogP) is 3.85. The third-order valence-corrected chi connectivity index (χ3v) is 6.90. The lowest BCUT2D eigenvalue weighted by molar-refractivity contribution is 0.0892. The Balaban J connectivity index is 1.32. The van der Waals surface area contributed by atoms with Crippen molar-refractivity contribution in [2.45, 2.75) is 32.4 Å². The van der Waals surface area contributed by atoms with Gasteiger partial charge in [0, 0.05) is 55.1 Å². The van der Waals surface area contributed by atoms with Gasteiger partial charge in [-0.2, -0.15) is 0 Å². The van der Waals surface area contributed by atoms with Crippen LogP contribution in [0.1, 0.15) is 22.6 Å². The van der Waals surface area contributed by atoms with Crippen LogP contribution in [0.15, 0.2) is 36.4 Å². The van der Waals surface area contributed by atoms with Gasteiger partial charge in [-0.15, -0.1) is 11.3 Å². The van der Waals surface area contributed by atoms with Crippen molar-refractivity contribution in [1.29, 1.82) is 0 Å². The Morgan fingerprint density at radius 2 is 1.85 bits per heavy atom. The third-order valence-electron chi connectivity index (χ3n) is 5.91. The highest BCUT2D eigenvalue weighted by molar-refractivity contribution is 7.11. The van der Waals surface area contributed by atoms with Gasteiger partial charge in [0.1, 0.15) is 5.75 Å². The van der Waals surface area contributed by atoms with E-state index in [1.807, 2.05) is 17.4 Å². The fourth-order valence-corrected chi connectivity index (χ4v) is 5.42. The average molecular weight is 386 g/mol. The molecule has 5 heteroatoms. The summed E-state index contributed by atoms with van der Waals surface area (Å²) in [5.41, 5.74) is 1.23. The Labute approximate surface area is 167 Å². The van der Waals surface area contributed by atoms with Crippen LogP contribution in [0.5, 0.6) is 5.75 Å². The van der Waals surface area contributed by atoms with E-state index in [2.05, 4.69) is 52.0 Å². The van der Waals surface area contributed by atoms with Crippen LogP contribution in [0.4, 0.5) is 5.69 Å². The summed E-state index contributed by atoms with van der Waals surface area (Å²) >= 11 is 1.95. The molecule has 3 heterocycles. The Hall–Kier alpha value is -1.56. The van der Waals surface area contributed by atoms with Crippen LogP contribution >= 0.6 is 11.3 Å². The first-order valence-electron chi connectivity index (χ1n) is 10.1. The minimum atomic E-state index is 0.708. The van der Waals surface area contributed by atoms with Crippen molar-refractivity contribution in [3.8, 4) is 5.75 Å². The monoisotopic (exact) mass is 385 g/mol. The van der Waals surface area contributed by atoms with E-state index in [0.717, 1.165) is 38.5 Å². The van der Waals surface area contributed by atoms with Crippen molar-refractivity contribution in [2.75, 3.05) is 51.3 Å². The van der Waals surface area contributed by atoms with Gasteiger partial charge in [-0.05, 0) is 50.6 Å². The molecule has 0 amide bonds. The Morgan fingerprint density at radius 3 is 2.59 bits per heavy atom. The molecule has 0 N–H and O–H groups in total. The van der Waals surface area contributed by atoms with Crippen molar-refractivity contribution >= 4 is 17.0 Å². The van der Waals surface area contributed by atoms with Gasteiger partial charge in [0.25, 0.3) is 0 Å². The molecule has 2 aromatic rings. The number of para-hydroxylation sites is 2. The zero-order valence-corrected chi connectivity index (χ0v) is 17.4. The topological polar surface area (TPSA) is 19.0 Å². The van der Waals surface area contributed by atoms with Gasteiger partial charge in [-0.1, -0.05) is 12.1 Å². The number of piperidine rings is 1. The van der Waals surface area contributed by atoms with E-state index in [1.54, 1.807) is 7.11 Å². The molecule has 146 valence electrons. The fraction of sp³-hybridized carbons (Fsp3) is 0.545. The molecular formula is C22H31N3OS. The molecule has 0 aliphatic carbocycles. The molecule has 1 atom stereocenters. The van der Waals surface area contributed by atoms with Gasteiger partial charge in [-0.3, -0.25) is 9.80 Å². The molecule has 2 saturated heterocycles. The summed E-state index contributed by atoms with van der Waals surface area (Å²) in [6, 6.07) is 13.7. The zero-order valence-electron chi connectivity index (χ0n) is 16.6. The first-order chi connectivity index (χ1) is 13.2. The number of anilines is 1. The fourth-order valence-electron chi connectivity index (χ4n) is 4.48. The highest BCUT2D eigenvalue weighted by Crippen LogP contribution is 2.29. The number of aryl methyl sites for hydroxylation is 1. The molecule has 2 fully saturated rings. The molecule has 1 unspecified atom stereocenters. The first kappa shape index (κ1) is 18.8. The number of thiophene rings is 1. The van der Waals surface area contributed by atoms with Gasteiger partial charge < -0.3 is 9.64 Å². The SMILES string of the molecule is COc1ccccc1N1CCN(C2CCCN(Cc3ccc(C)s3)C2)CC1. The molecule has 0 saturated carbocycles. The van der Waals surface area contributed by atoms with E-state index >= 15 is 0 Å². The second-order valence-electron chi connectivity index (χ2n) is 7.74. The molecule has 27 heavy (non-hydrogen) atoms. The zero-order chi connectivity index (χ0) is 18.6. The molecule has 0 radical (unpaired) electrons. The summed E-state index contributed by atoms with van der Waals surface area (Å²) in [5, 5.41) is 0. The highest BCUT2D eigenvalue weighted by atomic mass is 32.1. The molecule has 4 nitrogen and oxygen atoms in total. The summed E-state index contributed by atoms with van der Waals surface area (Å²) in [6.07, 6.45) is 2.66. The number of benzene rings is 1. The maximum atomic E-state index is 5.55. The highest BCUT2D eigenvalue weighted by Gasteiger charge is 2.28. The quantitative estimate of drug-likeness (QED) is 0.778. The number of ether oxygens (including phenoxy) is 1. The van der Waals surface area contributed by atoms with Gasteiger partial charge in [0.15, 0.2) is 0 Å². The van der Waals surface area contributed by atoms with Crippen LogP contribution in [0, 0.1) is 6.92 Å². The smallest absolute Gasteiger partial charge is 0.142 e. The van der Waals surface area contributed by atoms with Crippen molar-refractivity contribution in [1.82, 2.24) is 9.80 Å². The van der Waals surface area contributed by atoms with Gasteiger partial charge >= 0.3 is 0 Å². The van der Waals surface area contributed by atoms with Crippen molar-refractivity contribution in [3.05, 3.63) is 46.2 Å². The second-order valence-corrected chi connectivity index (χ2v) is 9.11. The lowest BCUT2D eigenvalue weighted by Gasteiger charge is -2.44. The van der Waals surface area contributed by atoms with Crippen LogP contribution in [0.25, 0.3) is 0 Å². The second kappa shape index (κ2) is 8.63. The number of likely N-dealkylation sites (tertiary alicyclic amines) is 1. The Kier molecular flexibility index (Phi) is 6.01. The normalized spacial score (nSPS) is 22.1. The minimum Gasteiger partial charge on any atom is -0.495 e. The molecule has 0 bridgehead atoms. The number of rotatable bonds is 5. The number of piperazine rings is 1. The maximum Gasteiger partial charge on any atom is 0.142 e. The summed E-state index contributed by atoms with van der Waals surface area (Å²) in [5.74, 6) is 0.987. The van der Waals surface area contributed by atoms with Crippen LogP contribution in [-0.2, 0) is 6.54 Å². The maximum absolute atomic E-state index is 5.55. The largest absolute Gasteiger partial charge is 0.495 e. The van der Waals surface area contributed by atoms with E-state index in [9.17, 15) is 0 Å². The number of hydrogen-bond donors (Lipinski definition) is 0. The van der Waals surface area contributed by atoms with Gasteiger partial charge in [0.2, 0.25) is 0 Å². The minimum absolute atomic E-state index is 0.708. The lowest BCUT2D eigenvalue weighted by Crippen LogP contribution is -2.55. The van der Waals surface area contributed by atoms with Crippen LogP contribution in [0.2, 0.25) is 0 Å². The van der Waals surface area contributed by atoms with Crippen molar-refractivity contribution in [3.63, 3.8) is 0 Å². The van der Waals surface area contributed by atoms with E-state index in [-0.39, 0.29) is 0 Å². The van der Waals surface area contributed by atoms with Crippen LogP contribution in [0.3, 0.4) is 0 Å². The average Bonchev–Trinajstić information content (AvgIpc) is 3.13. The lowest BCUT2D eigenvalue weighted by atomic mass is 10.0. The van der Waals surface area contributed by atoms with E-state index in [1.165, 1.54) is 41.4 Å². The molecule has 4 rings (SSSR count). The van der Waals surface area contributed by atoms with Crippen molar-refractivity contribution < 1.29 is 4.74 Å². The summed E-state index contributed by atoms with van der Waals surface area (Å²) in [4.78, 5) is 10.8. The molecule has 1 aromatic heterocycles. The van der Waals surface area contributed by atoms with Crippen molar-refractivity contribution in [2.24, 2.45) is 0 Å². The van der Waals surface area contributed by atoms with Gasteiger partial charge in [-0.25, -0.2) is 0 Å². The van der Waals surface area contributed by atoms with Crippen LogP contribution in [-0.4, -0.2) is 62.2 Å². The molecule has 0 spiro atoms. The number of methoxy groups -OCH3 is 1.